The monoisotopic (exact) mass is 201 g/mol. The normalized spacial score (nSPS) is 26.8. The van der Waals surface area contributed by atoms with Crippen molar-refractivity contribution in [3.8, 4) is 0 Å². The molecule has 0 amide bonds. The Hall–Kier alpha value is -0.120. The van der Waals surface area contributed by atoms with Crippen molar-refractivity contribution in [2.45, 2.75) is 45.3 Å². The molecule has 0 aromatic heterocycles. The van der Waals surface area contributed by atoms with Crippen molar-refractivity contribution in [3.05, 3.63) is 0 Å². The van der Waals surface area contributed by atoms with Crippen molar-refractivity contribution in [1.29, 1.82) is 0 Å². The van der Waals surface area contributed by atoms with Gasteiger partial charge in [0.1, 0.15) is 0 Å². The van der Waals surface area contributed by atoms with E-state index in [0.717, 1.165) is 19.6 Å². The molecule has 0 spiro atoms. The zero-order chi connectivity index (χ0) is 10.6. The van der Waals surface area contributed by atoms with Gasteiger partial charge in [0.15, 0.2) is 0 Å². The van der Waals surface area contributed by atoms with Gasteiger partial charge >= 0.3 is 0 Å². The first-order chi connectivity index (χ1) is 6.52. The second kappa shape index (κ2) is 5.10. The zero-order valence-electron chi connectivity index (χ0n) is 9.55. The van der Waals surface area contributed by atoms with Crippen LogP contribution in [0.25, 0.3) is 0 Å². The van der Waals surface area contributed by atoms with Gasteiger partial charge < -0.3 is 15.2 Å². The van der Waals surface area contributed by atoms with Gasteiger partial charge in [-0.3, -0.25) is 0 Å². The third-order valence-electron chi connectivity index (χ3n) is 3.12. The lowest BCUT2D eigenvalue weighted by atomic mass is 9.92. The second-order valence-corrected chi connectivity index (χ2v) is 4.78. The summed E-state index contributed by atoms with van der Waals surface area (Å²) in [4.78, 5) is 0. The number of hydrogen-bond acceptors (Lipinski definition) is 3. The van der Waals surface area contributed by atoms with Gasteiger partial charge in [-0.1, -0.05) is 13.8 Å². The highest BCUT2D eigenvalue weighted by Crippen LogP contribution is 2.15. The lowest BCUT2D eigenvalue weighted by Gasteiger charge is -2.28. The second-order valence-electron chi connectivity index (χ2n) is 4.78. The first-order valence-corrected chi connectivity index (χ1v) is 5.57. The van der Waals surface area contributed by atoms with Crippen LogP contribution in [0.1, 0.15) is 33.6 Å². The van der Waals surface area contributed by atoms with Gasteiger partial charge in [0, 0.05) is 19.7 Å². The first kappa shape index (κ1) is 12.0. The Morgan fingerprint density at radius 3 is 2.79 bits per heavy atom. The standard InChI is InChI=1S/C11H23NO2/c1-9(2)11(3,13)8-12-7-10-5-4-6-14-10/h9-10,12-13H,4-8H2,1-3H3. The van der Waals surface area contributed by atoms with E-state index in [9.17, 15) is 5.11 Å². The van der Waals surface area contributed by atoms with Crippen molar-refractivity contribution in [3.63, 3.8) is 0 Å². The Morgan fingerprint density at radius 2 is 2.29 bits per heavy atom. The van der Waals surface area contributed by atoms with Crippen LogP contribution in [0.5, 0.6) is 0 Å². The summed E-state index contributed by atoms with van der Waals surface area (Å²) >= 11 is 0. The molecular formula is C11H23NO2. The van der Waals surface area contributed by atoms with Gasteiger partial charge in [-0.2, -0.15) is 0 Å². The minimum atomic E-state index is -0.612. The third-order valence-corrected chi connectivity index (χ3v) is 3.12. The van der Waals surface area contributed by atoms with E-state index in [2.05, 4.69) is 5.32 Å². The molecule has 2 N–H and O–H groups in total. The lowest BCUT2D eigenvalue weighted by molar-refractivity contribution is 0.0106. The fraction of sp³-hybridized carbons (Fsp3) is 1.00. The number of ether oxygens (including phenoxy) is 1. The maximum Gasteiger partial charge on any atom is 0.0766 e. The van der Waals surface area contributed by atoms with Crippen LogP contribution in [0.3, 0.4) is 0 Å². The number of aliphatic hydroxyl groups is 1. The number of hydrogen-bond donors (Lipinski definition) is 2. The molecule has 0 saturated carbocycles. The molecule has 1 heterocycles. The Kier molecular flexibility index (Phi) is 4.35. The molecule has 1 saturated heterocycles. The summed E-state index contributed by atoms with van der Waals surface area (Å²) in [6.07, 6.45) is 2.68. The van der Waals surface area contributed by atoms with Crippen molar-refractivity contribution in [2.24, 2.45) is 5.92 Å². The largest absolute Gasteiger partial charge is 0.389 e. The molecule has 1 aliphatic rings. The fourth-order valence-electron chi connectivity index (χ4n) is 1.50. The number of nitrogens with one attached hydrogen (secondary N) is 1. The van der Waals surface area contributed by atoms with E-state index < -0.39 is 5.60 Å². The Balaban J connectivity index is 2.13. The van der Waals surface area contributed by atoms with Crippen LogP contribution in [0.4, 0.5) is 0 Å². The average molecular weight is 201 g/mol. The van der Waals surface area contributed by atoms with Gasteiger partial charge in [0.2, 0.25) is 0 Å². The fourth-order valence-corrected chi connectivity index (χ4v) is 1.50. The summed E-state index contributed by atoms with van der Waals surface area (Å²) in [6.45, 7) is 8.35. The quantitative estimate of drug-likeness (QED) is 0.701. The molecule has 0 radical (unpaired) electrons. The van der Waals surface area contributed by atoms with Gasteiger partial charge in [0.05, 0.1) is 11.7 Å². The summed E-state index contributed by atoms with van der Waals surface area (Å²) < 4.78 is 5.48. The molecule has 0 aliphatic carbocycles. The molecule has 0 bridgehead atoms. The lowest BCUT2D eigenvalue weighted by Crippen LogP contribution is -2.44. The van der Waals surface area contributed by atoms with Crippen LogP contribution < -0.4 is 5.32 Å². The summed E-state index contributed by atoms with van der Waals surface area (Å²) in [5.41, 5.74) is -0.612. The topological polar surface area (TPSA) is 41.5 Å². The van der Waals surface area contributed by atoms with Crippen LogP contribution >= 0.6 is 0 Å². The Labute approximate surface area is 86.8 Å². The SMILES string of the molecule is CC(C)C(C)(O)CNCC1CCCO1. The molecule has 2 unspecified atom stereocenters. The molecule has 2 atom stereocenters. The third kappa shape index (κ3) is 3.56. The van der Waals surface area contributed by atoms with E-state index in [4.69, 9.17) is 4.74 Å². The molecule has 3 heteroatoms. The van der Waals surface area contributed by atoms with Crippen molar-refractivity contribution >= 4 is 0 Å². The average Bonchev–Trinajstić information content (AvgIpc) is 2.56. The highest BCUT2D eigenvalue weighted by Gasteiger charge is 2.25. The molecule has 0 aromatic rings. The van der Waals surface area contributed by atoms with E-state index in [0.29, 0.717) is 12.6 Å². The van der Waals surface area contributed by atoms with E-state index in [1.165, 1.54) is 6.42 Å². The van der Waals surface area contributed by atoms with Gasteiger partial charge in [0.25, 0.3) is 0 Å². The molecule has 1 aliphatic heterocycles. The van der Waals surface area contributed by atoms with Crippen LogP contribution in [0.2, 0.25) is 0 Å². The van der Waals surface area contributed by atoms with Crippen LogP contribution in [0, 0.1) is 5.92 Å². The van der Waals surface area contributed by atoms with Crippen LogP contribution in [-0.4, -0.2) is 36.5 Å². The molecule has 1 rings (SSSR count). The van der Waals surface area contributed by atoms with E-state index in [1.54, 1.807) is 0 Å². The minimum Gasteiger partial charge on any atom is -0.389 e. The Morgan fingerprint density at radius 1 is 1.57 bits per heavy atom. The first-order valence-electron chi connectivity index (χ1n) is 5.57. The molecule has 14 heavy (non-hydrogen) atoms. The number of rotatable bonds is 5. The summed E-state index contributed by atoms with van der Waals surface area (Å²) in [7, 11) is 0. The van der Waals surface area contributed by atoms with Gasteiger partial charge in [-0.05, 0) is 25.7 Å². The minimum absolute atomic E-state index is 0.277. The van der Waals surface area contributed by atoms with E-state index in [1.807, 2.05) is 20.8 Å². The van der Waals surface area contributed by atoms with Crippen molar-refractivity contribution < 1.29 is 9.84 Å². The summed E-state index contributed by atoms with van der Waals surface area (Å²) in [5, 5.41) is 13.2. The molecule has 0 aromatic carbocycles. The predicted octanol–water partition coefficient (Wildman–Crippen LogP) is 1.16. The van der Waals surface area contributed by atoms with E-state index in [-0.39, 0.29) is 5.92 Å². The maximum absolute atomic E-state index is 9.96. The highest BCUT2D eigenvalue weighted by molar-refractivity contribution is 4.80. The molecule has 1 fully saturated rings. The molecular weight excluding hydrogens is 178 g/mol. The maximum atomic E-state index is 9.96. The molecule has 84 valence electrons. The van der Waals surface area contributed by atoms with Gasteiger partial charge in [-0.15, -0.1) is 0 Å². The van der Waals surface area contributed by atoms with Crippen molar-refractivity contribution in [2.75, 3.05) is 19.7 Å². The zero-order valence-corrected chi connectivity index (χ0v) is 9.55. The van der Waals surface area contributed by atoms with Crippen LogP contribution in [-0.2, 0) is 4.74 Å². The van der Waals surface area contributed by atoms with Crippen molar-refractivity contribution in [1.82, 2.24) is 5.32 Å². The summed E-state index contributed by atoms with van der Waals surface area (Å²) in [5.74, 6) is 0.277. The molecule has 3 nitrogen and oxygen atoms in total. The smallest absolute Gasteiger partial charge is 0.0766 e. The predicted molar refractivity (Wildman–Crippen MR) is 57.3 cm³/mol. The van der Waals surface area contributed by atoms with Crippen LogP contribution in [0.15, 0.2) is 0 Å². The highest BCUT2D eigenvalue weighted by atomic mass is 16.5. The Bertz CT molecular complexity index is 163. The van der Waals surface area contributed by atoms with Gasteiger partial charge in [-0.25, -0.2) is 0 Å². The van der Waals surface area contributed by atoms with E-state index >= 15 is 0 Å². The summed E-state index contributed by atoms with van der Waals surface area (Å²) in [6, 6.07) is 0.